The summed E-state index contributed by atoms with van der Waals surface area (Å²) < 4.78 is 14.4. The van der Waals surface area contributed by atoms with Gasteiger partial charge in [0.2, 0.25) is 0 Å². The first-order valence-corrected chi connectivity index (χ1v) is 19.9. The fourth-order valence-electron chi connectivity index (χ4n) is 6.72. The Bertz CT molecular complexity index is 2570. The minimum absolute atomic E-state index is 0.911. The maximum absolute atomic E-state index is 6.17. The molecule has 222 valence electrons. The molecule has 0 N–H and O–H groups in total. The van der Waals surface area contributed by atoms with Gasteiger partial charge in [-0.1, -0.05) is 141 Å². The van der Waals surface area contributed by atoms with Crippen LogP contribution in [-0.2, 0) is 0 Å². The van der Waals surface area contributed by atoms with E-state index in [9.17, 15) is 0 Å². The number of hydrogen-bond acceptors (Lipinski definition) is 2. The van der Waals surface area contributed by atoms with Crippen LogP contribution in [0.15, 0.2) is 151 Å². The third-order valence-electron chi connectivity index (χ3n) is 8.64. The predicted octanol–water partition coefficient (Wildman–Crippen LogP) is 15.0. The van der Waals surface area contributed by atoms with E-state index in [4.69, 9.17) is 8.83 Å². The zero-order valence-electron chi connectivity index (χ0n) is 24.0. The molecule has 0 spiro atoms. The average molecular weight is 854 g/mol. The lowest BCUT2D eigenvalue weighted by molar-refractivity contribution is 0.669. The first-order chi connectivity index (χ1) is 22.7. The van der Waals surface area contributed by atoms with Crippen LogP contribution in [0.3, 0.4) is 0 Å². The molecule has 0 fully saturated rings. The van der Waals surface area contributed by atoms with Crippen LogP contribution in [0.4, 0.5) is 0 Å². The second-order valence-corrected chi connectivity index (χ2v) is 12.8. The number of benzene rings is 8. The van der Waals surface area contributed by atoms with Crippen LogP contribution in [0.25, 0.3) is 87.0 Å². The van der Waals surface area contributed by atoms with E-state index in [0.717, 1.165) is 31.3 Å². The Labute approximate surface area is 296 Å². The molecule has 46 heavy (non-hydrogen) atoms. The molecule has 0 aliphatic heterocycles. The highest BCUT2D eigenvalue weighted by Gasteiger charge is 2.17. The summed E-state index contributed by atoms with van der Waals surface area (Å²) in [4.78, 5) is 0. The minimum Gasteiger partial charge on any atom is -0.456 e. The third kappa shape index (κ3) is 4.77. The fourth-order valence-corrected chi connectivity index (χ4v) is 7.82. The molecule has 0 amide bonds. The van der Waals surface area contributed by atoms with Gasteiger partial charge in [-0.3, -0.25) is 0 Å². The second kappa shape index (κ2) is 12.2. The monoisotopic (exact) mass is 850 g/mol. The largest absolute Gasteiger partial charge is 0.456 e. The molecule has 6 heteroatoms. The number of fused-ring (bicyclic) bond motifs is 14. The normalized spacial score (nSPS) is 11.5. The van der Waals surface area contributed by atoms with Crippen LogP contribution < -0.4 is 0 Å². The van der Waals surface area contributed by atoms with Gasteiger partial charge in [0.1, 0.15) is 22.3 Å². The first-order valence-electron chi connectivity index (χ1n) is 14.6. The summed E-state index contributed by atoms with van der Waals surface area (Å²) in [5.41, 5.74) is 3.74. The lowest BCUT2D eigenvalue weighted by Crippen LogP contribution is -1.79. The molecule has 2 aromatic heterocycles. The van der Waals surface area contributed by atoms with E-state index in [1.807, 2.05) is 0 Å². The van der Waals surface area contributed by atoms with Crippen molar-refractivity contribution in [2.45, 2.75) is 0 Å². The first kappa shape index (κ1) is 29.7. The number of hydrogen-bond donors (Lipinski definition) is 0. The molecule has 0 atom stereocenters. The van der Waals surface area contributed by atoms with Crippen LogP contribution >= 0.6 is 60.1 Å². The molecule has 0 aliphatic carbocycles. The zero-order chi connectivity index (χ0) is 31.4. The highest BCUT2D eigenvalue weighted by Crippen LogP contribution is 2.43. The molecule has 10 aromatic rings. The van der Waals surface area contributed by atoms with Gasteiger partial charge in [0.05, 0.1) is 0 Å². The topological polar surface area (TPSA) is 26.3 Å². The van der Waals surface area contributed by atoms with E-state index in [2.05, 4.69) is 194 Å². The van der Waals surface area contributed by atoms with Gasteiger partial charge in [-0.25, -0.2) is 0 Å². The molecular formula is C40H22Br4O2. The van der Waals surface area contributed by atoms with Gasteiger partial charge in [-0.2, -0.15) is 0 Å². The van der Waals surface area contributed by atoms with Crippen molar-refractivity contribution in [3.05, 3.63) is 142 Å². The van der Waals surface area contributed by atoms with Crippen LogP contribution in [0.5, 0.6) is 0 Å². The average Bonchev–Trinajstić information content (AvgIpc) is 3.68. The minimum atomic E-state index is 0.911. The van der Waals surface area contributed by atoms with Crippen LogP contribution in [-0.4, -0.2) is 0 Å². The van der Waals surface area contributed by atoms with Gasteiger partial charge in [0, 0.05) is 58.7 Å². The maximum Gasteiger partial charge on any atom is 0.137 e. The number of rotatable bonds is 0. The van der Waals surface area contributed by atoms with Gasteiger partial charge >= 0.3 is 0 Å². The van der Waals surface area contributed by atoms with E-state index in [0.29, 0.717) is 0 Å². The van der Waals surface area contributed by atoms with Crippen LogP contribution in [0, 0.1) is 0 Å². The van der Waals surface area contributed by atoms with E-state index >= 15 is 0 Å². The quantitative estimate of drug-likeness (QED) is 0.152. The van der Waals surface area contributed by atoms with Crippen molar-refractivity contribution in [3.8, 4) is 0 Å². The highest BCUT2D eigenvalue weighted by molar-refractivity contribution is 9.93. The summed E-state index contributed by atoms with van der Waals surface area (Å²) in [5, 5.41) is 14.6. The molecule has 0 saturated heterocycles. The van der Waals surface area contributed by atoms with Crippen molar-refractivity contribution in [2.24, 2.45) is 0 Å². The Morgan fingerprint density at radius 3 is 1.09 bits per heavy atom. The van der Waals surface area contributed by atoms with Crippen molar-refractivity contribution >= 4 is 147 Å². The van der Waals surface area contributed by atoms with E-state index in [1.54, 1.807) is 0 Å². The molecule has 8 aromatic carbocycles. The molecule has 0 unspecified atom stereocenters. The molecular weight excluding hydrogens is 832 g/mol. The van der Waals surface area contributed by atoms with Crippen molar-refractivity contribution in [3.63, 3.8) is 0 Å². The SMILES string of the molecule is BrBr.Brc1cc2oc3cc(Br)c4ccccc4c3c2c2ccccc12.c1ccc2c(c1)ccc1oc3ccc4ccccc4c3c12. The standard InChI is InChI=1S/C20H10Br2O.C20H12O.Br2/c21-15-9-17-19(13-7-3-1-5-11(13)15)20-14-8-4-2-6-12(14)16(22)10-18(20)23-17;1-3-7-15-13(5-1)9-11-17-19(15)20-16-8-4-2-6-14(16)10-12-18(20)21-17;1-2/h1-10H;1-12H;. The maximum atomic E-state index is 6.17. The Balaban J connectivity index is 0.000000129. The van der Waals surface area contributed by atoms with Gasteiger partial charge in [0.25, 0.3) is 0 Å². The smallest absolute Gasteiger partial charge is 0.137 e. The predicted molar refractivity (Wildman–Crippen MR) is 211 cm³/mol. The lowest BCUT2D eigenvalue weighted by atomic mass is 10.00. The zero-order valence-corrected chi connectivity index (χ0v) is 30.4. The Morgan fingerprint density at radius 1 is 0.326 bits per heavy atom. The molecule has 0 saturated carbocycles. The Kier molecular flexibility index (Phi) is 7.85. The van der Waals surface area contributed by atoms with E-state index < -0.39 is 0 Å². The molecule has 2 nitrogen and oxygen atoms in total. The summed E-state index contributed by atoms with van der Waals surface area (Å²) in [6, 6.07) is 46.4. The van der Waals surface area contributed by atoms with Crippen molar-refractivity contribution in [1.82, 2.24) is 0 Å². The molecule has 0 aliphatic rings. The second-order valence-electron chi connectivity index (χ2n) is 11.1. The summed E-state index contributed by atoms with van der Waals surface area (Å²) in [7, 11) is 0. The van der Waals surface area contributed by atoms with E-state index in [1.165, 1.54) is 64.6 Å². The Hall–Kier alpha value is -3.68. The summed E-state index contributed by atoms with van der Waals surface area (Å²) in [5.74, 6) is 0. The summed E-state index contributed by atoms with van der Waals surface area (Å²) >= 11 is 12.8. The summed E-state index contributed by atoms with van der Waals surface area (Å²) in [6.07, 6.45) is 0. The molecule has 0 bridgehead atoms. The molecule has 10 rings (SSSR count). The van der Waals surface area contributed by atoms with Crippen molar-refractivity contribution < 1.29 is 8.83 Å². The molecule has 2 heterocycles. The molecule has 0 radical (unpaired) electrons. The number of furan rings is 2. The van der Waals surface area contributed by atoms with E-state index in [-0.39, 0.29) is 0 Å². The van der Waals surface area contributed by atoms with Gasteiger partial charge < -0.3 is 8.83 Å². The third-order valence-corrected chi connectivity index (χ3v) is 9.95. The fraction of sp³-hybridized carbons (Fsp3) is 0. The van der Waals surface area contributed by atoms with Crippen LogP contribution in [0.1, 0.15) is 0 Å². The lowest BCUT2D eigenvalue weighted by Gasteiger charge is -2.04. The van der Waals surface area contributed by atoms with Gasteiger partial charge in [-0.15, -0.1) is 0 Å². The van der Waals surface area contributed by atoms with Crippen LogP contribution in [0.2, 0.25) is 0 Å². The number of halogens is 4. The Morgan fingerprint density at radius 2 is 0.652 bits per heavy atom. The highest BCUT2D eigenvalue weighted by atomic mass is 80.9. The van der Waals surface area contributed by atoms with Gasteiger partial charge in [-0.05, 0) is 67.4 Å². The van der Waals surface area contributed by atoms with Crippen molar-refractivity contribution in [1.29, 1.82) is 0 Å². The van der Waals surface area contributed by atoms with Crippen molar-refractivity contribution in [2.75, 3.05) is 0 Å². The summed E-state index contributed by atoms with van der Waals surface area (Å²) in [6.45, 7) is 0. The van der Waals surface area contributed by atoms with Gasteiger partial charge in [0.15, 0.2) is 0 Å².